The van der Waals surface area contributed by atoms with Gasteiger partial charge in [-0.25, -0.2) is 9.18 Å². The average molecular weight is 469 g/mol. The molecule has 33 heavy (non-hydrogen) atoms. The summed E-state index contributed by atoms with van der Waals surface area (Å²) in [5, 5.41) is 4.84. The second-order valence-electron chi connectivity index (χ2n) is 9.90. The zero-order chi connectivity index (χ0) is 23.2. The summed E-state index contributed by atoms with van der Waals surface area (Å²) in [5.41, 5.74) is 2.83. The molecule has 2 amide bonds. The van der Waals surface area contributed by atoms with Gasteiger partial charge >= 0.3 is 6.03 Å². The first-order valence-corrected chi connectivity index (χ1v) is 12.1. The molecule has 0 aliphatic carbocycles. The van der Waals surface area contributed by atoms with E-state index in [1.807, 2.05) is 23.1 Å². The van der Waals surface area contributed by atoms with E-state index in [4.69, 9.17) is 11.6 Å². The van der Waals surface area contributed by atoms with Gasteiger partial charge in [-0.05, 0) is 87.8 Å². The lowest BCUT2D eigenvalue weighted by atomic mass is 10.00. The van der Waals surface area contributed by atoms with Crippen LogP contribution in [0.15, 0.2) is 48.7 Å². The summed E-state index contributed by atoms with van der Waals surface area (Å²) in [6, 6.07) is 12.5. The maximum absolute atomic E-state index is 13.6. The van der Waals surface area contributed by atoms with Gasteiger partial charge in [0.25, 0.3) is 0 Å². The van der Waals surface area contributed by atoms with Gasteiger partial charge in [0.05, 0.1) is 17.1 Å². The molecule has 0 spiro atoms. The molecular weight excluding hydrogens is 439 g/mol. The van der Waals surface area contributed by atoms with Crippen molar-refractivity contribution in [3.05, 3.63) is 65.1 Å². The van der Waals surface area contributed by atoms with Crippen molar-refractivity contribution >= 4 is 28.5 Å². The molecule has 0 saturated carbocycles. The number of nitrogens with one attached hydrogen (secondary N) is 1. The number of carbonyl (C=O) groups is 1. The molecule has 0 radical (unpaired) electrons. The highest BCUT2D eigenvalue weighted by Crippen LogP contribution is 2.36. The highest BCUT2D eigenvalue weighted by Gasteiger charge is 2.38. The molecule has 3 aromatic rings. The quantitative estimate of drug-likeness (QED) is 0.517. The first-order valence-electron chi connectivity index (χ1n) is 11.7. The molecule has 174 valence electrons. The van der Waals surface area contributed by atoms with Crippen LogP contribution in [-0.2, 0) is 0 Å². The SMILES string of the molecule is CC1(C)CN(CC(c2cn(-c3ccc(F)cc3)c3ccc(Cl)cc23)N2CCCCC2)C(=O)N1. The number of amides is 2. The Morgan fingerprint density at radius 3 is 2.48 bits per heavy atom. The lowest BCUT2D eigenvalue weighted by Crippen LogP contribution is -2.41. The van der Waals surface area contributed by atoms with Crippen LogP contribution >= 0.6 is 11.6 Å². The predicted octanol–water partition coefficient (Wildman–Crippen LogP) is 5.75. The molecule has 2 fully saturated rings. The van der Waals surface area contributed by atoms with Crippen molar-refractivity contribution in [3.63, 3.8) is 0 Å². The molecule has 5 nitrogen and oxygen atoms in total. The topological polar surface area (TPSA) is 40.5 Å². The first-order chi connectivity index (χ1) is 15.8. The van der Waals surface area contributed by atoms with Crippen molar-refractivity contribution in [2.45, 2.75) is 44.7 Å². The summed E-state index contributed by atoms with van der Waals surface area (Å²) < 4.78 is 15.7. The monoisotopic (exact) mass is 468 g/mol. The molecule has 1 unspecified atom stereocenters. The van der Waals surface area contributed by atoms with Gasteiger partial charge in [0.2, 0.25) is 0 Å². The van der Waals surface area contributed by atoms with E-state index < -0.39 is 0 Å². The Morgan fingerprint density at radius 2 is 1.82 bits per heavy atom. The molecule has 5 rings (SSSR count). The standard InChI is InChI=1S/C26H30ClFN4O/c1-26(2)17-31(25(33)29-26)16-24(30-12-4-3-5-13-30)22-15-32(20-9-7-19(28)8-10-20)23-11-6-18(27)14-21(22)23/h6-11,14-15,24H,3-5,12-13,16-17H2,1-2H3,(H,29,33). The summed E-state index contributed by atoms with van der Waals surface area (Å²) >= 11 is 6.44. The lowest BCUT2D eigenvalue weighted by molar-refractivity contribution is 0.131. The molecule has 2 aliphatic rings. The van der Waals surface area contributed by atoms with E-state index in [2.05, 4.69) is 34.8 Å². The van der Waals surface area contributed by atoms with Crippen LogP contribution < -0.4 is 5.32 Å². The fourth-order valence-electron chi connectivity index (χ4n) is 5.26. The average Bonchev–Trinajstić information content (AvgIpc) is 3.28. The number of nitrogens with zero attached hydrogens (tertiary/aromatic N) is 3. The molecular formula is C26H30ClFN4O. The molecule has 2 aromatic carbocycles. The Morgan fingerprint density at radius 1 is 1.09 bits per heavy atom. The van der Waals surface area contributed by atoms with E-state index in [1.165, 1.54) is 18.6 Å². The molecule has 3 heterocycles. The van der Waals surface area contributed by atoms with Gasteiger partial charge in [0, 0.05) is 35.4 Å². The lowest BCUT2D eigenvalue weighted by Gasteiger charge is -2.36. The van der Waals surface area contributed by atoms with E-state index in [1.54, 1.807) is 12.1 Å². The van der Waals surface area contributed by atoms with E-state index in [0.717, 1.165) is 48.1 Å². The van der Waals surface area contributed by atoms with Crippen molar-refractivity contribution in [3.8, 4) is 5.69 Å². The number of aromatic nitrogens is 1. The second kappa shape index (κ2) is 8.65. The van der Waals surface area contributed by atoms with Gasteiger partial charge < -0.3 is 14.8 Å². The fourth-order valence-corrected chi connectivity index (χ4v) is 5.43. The zero-order valence-corrected chi connectivity index (χ0v) is 19.9. The normalized spacial score (nSPS) is 19.8. The third-order valence-electron chi connectivity index (χ3n) is 6.80. The molecule has 2 saturated heterocycles. The van der Waals surface area contributed by atoms with Crippen LogP contribution in [-0.4, -0.2) is 52.1 Å². The number of hydrogen-bond donors (Lipinski definition) is 1. The minimum atomic E-state index is -0.257. The number of carbonyl (C=O) groups excluding carboxylic acids is 1. The van der Waals surface area contributed by atoms with Crippen LogP contribution in [0.1, 0.15) is 44.7 Å². The highest BCUT2D eigenvalue weighted by atomic mass is 35.5. The van der Waals surface area contributed by atoms with Gasteiger partial charge in [-0.2, -0.15) is 0 Å². The largest absolute Gasteiger partial charge is 0.331 e. The number of halogens is 2. The van der Waals surface area contributed by atoms with Gasteiger partial charge in [-0.1, -0.05) is 18.0 Å². The first kappa shape index (κ1) is 22.2. The van der Waals surface area contributed by atoms with Crippen LogP contribution in [0.3, 0.4) is 0 Å². The van der Waals surface area contributed by atoms with Gasteiger partial charge in [0.1, 0.15) is 5.82 Å². The summed E-state index contributed by atoms with van der Waals surface area (Å²) in [4.78, 5) is 17.2. The molecule has 7 heteroatoms. The van der Waals surface area contributed by atoms with Crippen molar-refractivity contribution < 1.29 is 9.18 Å². The van der Waals surface area contributed by atoms with Crippen molar-refractivity contribution in [1.82, 2.24) is 19.7 Å². The van der Waals surface area contributed by atoms with E-state index in [0.29, 0.717) is 18.1 Å². The minimum Gasteiger partial charge on any atom is -0.331 e. The Bertz CT molecular complexity index is 1170. The van der Waals surface area contributed by atoms with E-state index in [-0.39, 0.29) is 23.4 Å². The maximum atomic E-state index is 13.6. The third kappa shape index (κ3) is 4.46. The van der Waals surface area contributed by atoms with Crippen molar-refractivity contribution in [2.24, 2.45) is 0 Å². The predicted molar refractivity (Wildman–Crippen MR) is 131 cm³/mol. The Hall–Kier alpha value is -2.57. The Labute approximate surface area is 199 Å². The molecule has 1 atom stereocenters. The molecule has 1 N–H and O–H groups in total. The summed E-state index contributed by atoms with van der Waals surface area (Å²) in [5.74, 6) is -0.257. The highest BCUT2D eigenvalue weighted by molar-refractivity contribution is 6.31. The number of piperidine rings is 1. The van der Waals surface area contributed by atoms with E-state index in [9.17, 15) is 9.18 Å². The summed E-state index contributed by atoms with van der Waals surface area (Å²) in [6.45, 7) is 7.42. The molecule has 2 aliphatic heterocycles. The van der Waals surface area contributed by atoms with Gasteiger partial charge in [0.15, 0.2) is 0 Å². The smallest absolute Gasteiger partial charge is 0.318 e. The van der Waals surface area contributed by atoms with Crippen LogP contribution in [0.2, 0.25) is 5.02 Å². The number of fused-ring (bicyclic) bond motifs is 1. The fraction of sp³-hybridized carbons (Fsp3) is 0.423. The third-order valence-corrected chi connectivity index (χ3v) is 7.04. The number of benzene rings is 2. The van der Waals surface area contributed by atoms with Gasteiger partial charge in [-0.3, -0.25) is 4.90 Å². The Balaban J connectivity index is 1.61. The minimum absolute atomic E-state index is 0.0117. The number of urea groups is 1. The number of likely N-dealkylation sites (tertiary alicyclic amines) is 1. The Kier molecular flexibility index (Phi) is 5.83. The van der Waals surface area contributed by atoms with Crippen LogP contribution in [0.5, 0.6) is 0 Å². The number of rotatable bonds is 5. The molecule has 1 aromatic heterocycles. The summed E-state index contributed by atoms with van der Waals surface area (Å²) in [7, 11) is 0. The van der Waals surface area contributed by atoms with Crippen LogP contribution in [0.4, 0.5) is 9.18 Å². The maximum Gasteiger partial charge on any atom is 0.318 e. The van der Waals surface area contributed by atoms with Crippen molar-refractivity contribution in [2.75, 3.05) is 26.2 Å². The number of hydrogen-bond acceptors (Lipinski definition) is 2. The van der Waals surface area contributed by atoms with Crippen LogP contribution in [0.25, 0.3) is 16.6 Å². The van der Waals surface area contributed by atoms with Crippen molar-refractivity contribution in [1.29, 1.82) is 0 Å². The molecule has 0 bridgehead atoms. The zero-order valence-electron chi connectivity index (χ0n) is 19.2. The van der Waals surface area contributed by atoms with E-state index >= 15 is 0 Å². The second-order valence-corrected chi connectivity index (χ2v) is 10.3. The summed E-state index contributed by atoms with van der Waals surface area (Å²) in [6.07, 6.45) is 5.70. The van der Waals surface area contributed by atoms with Crippen LogP contribution in [0, 0.1) is 5.82 Å². The van der Waals surface area contributed by atoms with Gasteiger partial charge in [-0.15, -0.1) is 0 Å².